The summed E-state index contributed by atoms with van der Waals surface area (Å²) < 4.78 is 6.41. The molecule has 0 saturated carbocycles. The van der Waals surface area contributed by atoms with Crippen LogP contribution in [0.15, 0.2) is 53.0 Å². The summed E-state index contributed by atoms with van der Waals surface area (Å²) in [5.41, 5.74) is 3.33. The summed E-state index contributed by atoms with van der Waals surface area (Å²) in [5.74, 6) is -0.145. The first-order valence-electron chi connectivity index (χ1n) is 8.22. The monoisotopic (exact) mass is 399 g/mol. The fraction of sp³-hybridized carbons (Fsp3) is 0.211. The average Bonchev–Trinajstić information content (AvgIpc) is 3.06. The van der Waals surface area contributed by atoms with Crippen LogP contribution < -0.4 is 10.2 Å². The minimum Gasteiger partial charge on any atom is -0.378 e. The Labute approximate surface area is 154 Å². The highest BCUT2D eigenvalue weighted by molar-refractivity contribution is 9.10. The Morgan fingerprint density at radius 2 is 1.92 bits per heavy atom. The molecule has 1 saturated heterocycles. The van der Waals surface area contributed by atoms with Crippen molar-refractivity contribution in [2.45, 2.75) is 0 Å². The largest absolute Gasteiger partial charge is 0.378 e. The number of rotatable bonds is 3. The Morgan fingerprint density at radius 1 is 1.12 bits per heavy atom. The van der Waals surface area contributed by atoms with Gasteiger partial charge in [0.2, 0.25) is 0 Å². The highest BCUT2D eigenvalue weighted by atomic mass is 79.9. The number of ether oxygens (including phenoxy) is 1. The molecule has 128 valence electrons. The lowest BCUT2D eigenvalue weighted by Crippen LogP contribution is -2.36. The molecule has 4 rings (SSSR count). The number of nitrogens with one attached hydrogen (secondary N) is 2. The number of carbonyl (C=O) groups excluding carboxylic acids is 1. The van der Waals surface area contributed by atoms with E-state index in [1.54, 1.807) is 0 Å². The van der Waals surface area contributed by atoms with E-state index in [0.29, 0.717) is 18.9 Å². The van der Waals surface area contributed by atoms with E-state index in [0.717, 1.165) is 39.8 Å². The average molecular weight is 400 g/mol. The molecule has 0 radical (unpaired) electrons. The SMILES string of the molecule is O=C(Nc1ccccc1N1CCOCC1)c1cc2cc(Br)ccc2[nH]1. The predicted octanol–water partition coefficient (Wildman–Crippen LogP) is 4.02. The molecule has 0 unspecified atom stereocenters. The summed E-state index contributed by atoms with van der Waals surface area (Å²) in [6, 6.07) is 15.6. The number of H-pyrrole nitrogens is 1. The van der Waals surface area contributed by atoms with Crippen LogP contribution in [0.1, 0.15) is 10.5 Å². The van der Waals surface area contributed by atoms with Crippen LogP contribution >= 0.6 is 15.9 Å². The summed E-state index contributed by atoms with van der Waals surface area (Å²) in [7, 11) is 0. The molecule has 2 N–H and O–H groups in total. The molecule has 1 aliphatic heterocycles. The highest BCUT2D eigenvalue weighted by Crippen LogP contribution is 2.27. The second-order valence-corrected chi connectivity index (χ2v) is 6.90. The fourth-order valence-corrected chi connectivity index (χ4v) is 3.45. The molecule has 25 heavy (non-hydrogen) atoms. The van der Waals surface area contributed by atoms with Crippen LogP contribution in [-0.4, -0.2) is 37.2 Å². The van der Waals surface area contributed by atoms with Gasteiger partial charge >= 0.3 is 0 Å². The second-order valence-electron chi connectivity index (χ2n) is 5.99. The molecule has 0 aliphatic carbocycles. The van der Waals surface area contributed by atoms with Crippen LogP contribution in [-0.2, 0) is 4.74 Å². The number of morpholine rings is 1. The second kappa shape index (κ2) is 6.90. The van der Waals surface area contributed by atoms with E-state index >= 15 is 0 Å². The van der Waals surface area contributed by atoms with Gasteiger partial charge in [0.15, 0.2) is 0 Å². The van der Waals surface area contributed by atoms with Crippen molar-refractivity contribution in [1.82, 2.24) is 4.98 Å². The topological polar surface area (TPSA) is 57.4 Å². The van der Waals surface area contributed by atoms with Gasteiger partial charge in [0.25, 0.3) is 5.91 Å². The van der Waals surface area contributed by atoms with Crippen molar-refractivity contribution < 1.29 is 9.53 Å². The number of nitrogens with zero attached hydrogens (tertiary/aromatic N) is 1. The van der Waals surface area contributed by atoms with Crippen LogP contribution in [0.3, 0.4) is 0 Å². The molecular weight excluding hydrogens is 382 g/mol. The predicted molar refractivity (Wildman–Crippen MR) is 103 cm³/mol. The molecule has 0 bridgehead atoms. The van der Waals surface area contributed by atoms with Gasteiger partial charge in [-0.3, -0.25) is 4.79 Å². The first-order valence-corrected chi connectivity index (χ1v) is 9.01. The van der Waals surface area contributed by atoms with E-state index < -0.39 is 0 Å². The van der Waals surface area contributed by atoms with Crippen molar-refractivity contribution >= 4 is 44.1 Å². The molecular formula is C19H18BrN3O2. The lowest BCUT2D eigenvalue weighted by atomic mass is 10.2. The summed E-state index contributed by atoms with van der Waals surface area (Å²) in [6.07, 6.45) is 0. The van der Waals surface area contributed by atoms with Crippen molar-refractivity contribution in [3.8, 4) is 0 Å². The minimum absolute atomic E-state index is 0.145. The summed E-state index contributed by atoms with van der Waals surface area (Å²) in [6.45, 7) is 3.07. The number of fused-ring (bicyclic) bond motifs is 1. The third-order valence-corrected chi connectivity index (χ3v) is 4.82. The molecule has 1 aliphatic rings. The molecule has 6 heteroatoms. The molecule has 0 spiro atoms. The molecule has 1 fully saturated rings. The third kappa shape index (κ3) is 3.41. The standard InChI is InChI=1S/C19H18BrN3O2/c20-14-5-6-15-13(11-14)12-17(21-15)19(24)22-16-3-1-2-4-18(16)23-7-9-25-10-8-23/h1-6,11-12,21H,7-10H2,(H,22,24). The zero-order valence-corrected chi connectivity index (χ0v) is 15.2. The Morgan fingerprint density at radius 3 is 2.76 bits per heavy atom. The van der Waals surface area contributed by atoms with Crippen molar-refractivity contribution in [3.63, 3.8) is 0 Å². The van der Waals surface area contributed by atoms with E-state index in [4.69, 9.17) is 4.74 Å². The Bertz CT molecular complexity index is 916. The van der Waals surface area contributed by atoms with Gasteiger partial charge in [0, 0.05) is 28.5 Å². The normalized spacial score (nSPS) is 14.7. The van der Waals surface area contributed by atoms with Crippen LogP contribution in [0.5, 0.6) is 0 Å². The maximum absolute atomic E-state index is 12.7. The molecule has 1 amide bonds. The summed E-state index contributed by atoms with van der Waals surface area (Å²) >= 11 is 3.46. The molecule has 5 nitrogen and oxygen atoms in total. The third-order valence-electron chi connectivity index (χ3n) is 4.33. The molecule has 3 aromatic rings. The lowest BCUT2D eigenvalue weighted by Gasteiger charge is -2.30. The van der Waals surface area contributed by atoms with Gasteiger partial charge in [-0.2, -0.15) is 0 Å². The van der Waals surface area contributed by atoms with Gasteiger partial charge in [0.1, 0.15) is 5.69 Å². The van der Waals surface area contributed by atoms with Gasteiger partial charge < -0.3 is 19.9 Å². The molecule has 1 aromatic heterocycles. The number of benzene rings is 2. The number of hydrogen-bond donors (Lipinski definition) is 2. The van der Waals surface area contributed by atoms with Gasteiger partial charge in [-0.15, -0.1) is 0 Å². The summed E-state index contributed by atoms with van der Waals surface area (Å²) in [5, 5.41) is 4.04. The number of carbonyl (C=O) groups is 1. The van der Waals surface area contributed by atoms with Gasteiger partial charge in [-0.1, -0.05) is 28.1 Å². The van der Waals surface area contributed by atoms with Crippen LogP contribution in [0.25, 0.3) is 10.9 Å². The van der Waals surface area contributed by atoms with E-state index in [-0.39, 0.29) is 5.91 Å². The number of anilines is 2. The Balaban J connectivity index is 1.59. The first kappa shape index (κ1) is 16.2. The maximum Gasteiger partial charge on any atom is 0.272 e. The Hall–Kier alpha value is -2.31. The highest BCUT2D eigenvalue weighted by Gasteiger charge is 2.17. The van der Waals surface area contributed by atoms with E-state index in [9.17, 15) is 4.79 Å². The van der Waals surface area contributed by atoms with Gasteiger partial charge in [-0.25, -0.2) is 0 Å². The van der Waals surface area contributed by atoms with Gasteiger partial charge in [0.05, 0.1) is 24.6 Å². The van der Waals surface area contributed by atoms with Crippen molar-refractivity contribution in [1.29, 1.82) is 0 Å². The molecule has 0 atom stereocenters. The minimum atomic E-state index is -0.145. The number of amides is 1. The van der Waals surface area contributed by atoms with Crippen LogP contribution in [0, 0.1) is 0 Å². The molecule has 2 aromatic carbocycles. The van der Waals surface area contributed by atoms with Crippen molar-refractivity contribution in [3.05, 3.63) is 58.7 Å². The van der Waals surface area contributed by atoms with Crippen molar-refractivity contribution in [2.75, 3.05) is 36.5 Å². The number of hydrogen-bond acceptors (Lipinski definition) is 3. The number of aromatic nitrogens is 1. The zero-order chi connectivity index (χ0) is 17.2. The number of halogens is 1. The van der Waals surface area contributed by atoms with Gasteiger partial charge in [-0.05, 0) is 36.4 Å². The smallest absolute Gasteiger partial charge is 0.272 e. The first-order chi connectivity index (χ1) is 12.2. The van der Waals surface area contributed by atoms with E-state index in [1.807, 2.05) is 48.5 Å². The number of para-hydroxylation sites is 2. The summed E-state index contributed by atoms with van der Waals surface area (Å²) in [4.78, 5) is 18.1. The quantitative estimate of drug-likeness (QED) is 0.699. The van der Waals surface area contributed by atoms with Crippen LogP contribution in [0.2, 0.25) is 0 Å². The Kier molecular flexibility index (Phi) is 4.46. The lowest BCUT2D eigenvalue weighted by molar-refractivity contribution is 0.102. The van der Waals surface area contributed by atoms with Crippen molar-refractivity contribution in [2.24, 2.45) is 0 Å². The van der Waals surface area contributed by atoms with E-state index in [2.05, 4.69) is 31.1 Å². The zero-order valence-electron chi connectivity index (χ0n) is 13.6. The maximum atomic E-state index is 12.7. The van der Waals surface area contributed by atoms with Crippen LogP contribution in [0.4, 0.5) is 11.4 Å². The molecule has 2 heterocycles. The van der Waals surface area contributed by atoms with E-state index in [1.165, 1.54) is 0 Å². The number of aromatic amines is 1. The fourth-order valence-electron chi connectivity index (χ4n) is 3.07.